The molecule has 0 N–H and O–H groups in total. The Hall–Kier alpha value is -1.10. The zero-order valence-corrected chi connectivity index (χ0v) is 12.4. The van der Waals surface area contributed by atoms with E-state index in [1.807, 2.05) is 6.07 Å². The summed E-state index contributed by atoms with van der Waals surface area (Å²) < 4.78 is 4.98. The predicted molar refractivity (Wildman–Crippen MR) is 75.5 cm³/mol. The lowest BCUT2D eigenvalue weighted by atomic mass is 9.96. The van der Waals surface area contributed by atoms with Gasteiger partial charge >= 0.3 is 5.69 Å². The Bertz CT molecular complexity index is 423. The standard InChI is InChI=1S/C13H18BrNO3/c1-4-11(14)9(2)7-10-5-6-13(18-3)12(8-10)15(16)17/h5-6,8-9,11H,4,7H2,1-3H3. The number of hydrogen-bond donors (Lipinski definition) is 0. The van der Waals surface area contributed by atoms with Gasteiger partial charge in [-0.2, -0.15) is 0 Å². The molecule has 0 saturated carbocycles. The van der Waals surface area contributed by atoms with Gasteiger partial charge in [-0.25, -0.2) is 0 Å². The Balaban J connectivity index is 2.91. The molecule has 0 bridgehead atoms. The van der Waals surface area contributed by atoms with Crippen LogP contribution in [0.15, 0.2) is 18.2 Å². The fraction of sp³-hybridized carbons (Fsp3) is 0.538. The number of alkyl halides is 1. The number of nitro groups is 1. The van der Waals surface area contributed by atoms with Crippen LogP contribution in [0.1, 0.15) is 25.8 Å². The number of nitrogens with zero attached hydrogens (tertiary/aromatic N) is 1. The smallest absolute Gasteiger partial charge is 0.311 e. The second-order valence-electron chi connectivity index (χ2n) is 4.37. The second kappa shape index (κ2) is 6.73. The molecule has 0 aliphatic heterocycles. The van der Waals surface area contributed by atoms with Crippen molar-refractivity contribution in [2.24, 2.45) is 5.92 Å². The Morgan fingerprint density at radius 2 is 2.17 bits per heavy atom. The molecule has 5 heteroatoms. The first-order valence-electron chi connectivity index (χ1n) is 5.95. The largest absolute Gasteiger partial charge is 0.490 e. The quantitative estimate of drug-likeness (QED) is 0.453. The highest BCUT2D eigenvalue weighted by Crippen LogP contribution is 2.29. The average molecular weight is 316 g/mol. The summed E-state index contributed by atoms with van der Waals surface area (Å²) in [6.45, 7) is 4.26. The third kappa shape index (κ3) is 3.70. The van der Waals surface area contributed by atoms with Crippen LogP contribution in [0.3, 0.4) is 0 Å². The maximum absolute atomic E-state index is 10.9. The molecule has 1 aromatic rings. The molecule has 0 aliphatic carbocycles. The molecule has 0 aliphatic rings. The van der Waals surface area contributed by atoms with Crippen molar-refractivity contribution in [3.8, 4) is 5.75 Å². The van der Waals surface area contributed by atoms with Gasteiger partial charge < -0.3 is 4.74 Å². The van der Waals surface area contributed by atoms with Crippen molar-refractivity contribution in [2.75, 3.05) is 7.11 Å². The number of hydrogen-bond acceptors (Lipinski definition) is 3. The molecular weight excluding hydrogens is 298 g/mol. The number of halogens is 1. The van der Waals surface area contributed by atoms with Crippen LogP contribution < -0.4 is 4.74 Å². The zero-order chi connectivity index (χ0) is 13.7. The van der Waals surface area contributed by atoms with Crippen LogP contribution in [-0.2, 0) is 6.42 Å². The van der Waals surface area contributed by atoms with Gasteiger partial charge in [0, 0.05) is 10.9 Å². The topological polar surface area (TPSA) is 52.4 Å². The molecule has 0 saturated heterocycles. The molecule has 1 rings (SSSR count). The summed E-state index contributed by atoms with van der Waals surface area (Å²) in [5.74, 6) is 0.741. The van der Waals surface area contributed by atoms with E-state index in [2.05, 4.69) is 29.8 Å². The van der Waals surface area contributed by atoms with E-state index in [1.165, 1.54) is 7.11 Å². The lowest BCUT2D eigenvalue weighted by molar-refractivity contribution is -0.385. The molecule has 2 unspecified atom stereocenters. The maximum Gasteiger partial charge on any atom is 0.311 e. The van der Waals surface area contributed by atoms with Gasteiger partial charge in [-0.1, -0.05) is 35.8 Å². The summed E-state index contributed by atoms with van der Waals surface area (Å²) in [4.78, 5) is 10.9. The molecule has 0 amide bonds. The molecule has 4 nitrogen and oxygen atoms in total. The number of benzene rings is 1. The van der Waals surface area contributed by atoms with E-state index in [0.29, 0.717) is 16.5 Å². The van der Waals surface area contributed by atoms with Gasteiger partial charge in [-0.3, -0.25) is 10.1 Å². The molecule has 18 heavy (non-hydrogen) atoms. The highest BCUT2D eigenvalue weighted by molar-refractivity contribution is 9.09. The van der Waals surface area contributed by atoms with E-state index < -0.39 is 4.92 Å². The number of rotatable bonds is 6. The first-order valence-corrected chi connectivity index (χ1v) is 6.86. The number of ether oxygens (including phenoxy) is 1. The number of methoxy groups -OCH3 is 1. The molecule has 2 atom stereocenters. The van der Waals surface area contributed by atoms with Gasteiger partial charge in [-0.05, 0) is 30.4 Å². The van der Waals surface area contributed by atoms with Crippen molar-refractivity contribution in [3.05, 3.63) is 33.9 Å². The first-order chi connectivity index (χ1) is 8.49. The second-order valence-corrected chi connectivity index (χ2v) is 5.55. The Labute approximate surface area is 116 Å². The van der Waals surface area contributed by atoms with Crippen molar-refractivity contribution >= 4 is 21.6 Å². The van der Waals surface area contributed by atoms with Crippen LogP contribution in [-0.4, -0.2) is 16.9 Å². The summed E-state index contributed by atoms with van der Waals surface area (Å²) in [6, 6.07) is 5.15. The zero-order valence-electron chi connectivity index (χ0n) is 10.9. The first kappa shape index (κ1) is 15.0. The molecular formula is C13H18BrNO3. The van der Waals surface area contributed by atoms with Crippen LogP contribution >= 0.6 is 15.9 Å². The fourth-order valence-corrected chi connectivity index (χ4v) is 2.09. The molecule has 0 radical (unpaired) electrons. The monoisotopic (exact) mass is 315 g/mol. The Morgan fingerprint density at radius 1 is 1.50 bits per heavy atom. The number of nitro benzene ring substituents is 1. The highest BCUT2D eigenvalue weighted by Gasteiger charge is 2.18. The Morgan fingerprint density at radius 3 is 2.67 bits per heavy atom. The Kier molecular flexibility index (Phi) is 5.59. The van der Waals surface area contributed by atoms with Gasteiger partial charge in [0.25, 0.3) is 0 Å². The lowest BCUT2D eigenvalue weighted by Crippen LogP contribution is -2.12. The third-order valence-corrected chi connectivity index (χ3v) is 4.56. The molecule has 0 aromatic heterocycles. The summed E-state index contributed by atoms with van der Waals surface area (Å²) in [6.07, 6.45) is 1.86. The minimum absolute atomic E-state index is 0.0322. The molecule has 0 spiro atoms. The van der Waals surface area contributed by atoms with Crippen LogP contribution in [0.5, 0.6) is 5.75 Å². The van der Waals surface area contributed by atoms with Gasteiger partial charge in [0.15, 0.2) is 5.75 Å². The van der Waals surface area contributed by atoms with E-state index in [9.17, 15) is 10.1 Å². The van der Waals surface area contributed by atoms with Crippen LogP contribution in [0.2, 0.25) is 0 Å². The maximum atomic E-state index is 10.9. The predicted octanol–water partition coefficient (Wildman–Crippen LogP) is 3.96. The van der Waals surface area contributed by atoms with E-state index in [1.54, 1.807) is 12.1 Å². The van der Waals surface area contributed by atoms with E-state index in [-0.39, 0.29) is 5.69 Å². The third-order valence-electron chi connectivity index (χ3n) is 3.01. The minimum Gasteiger partial charge on any atom is -0.490 e. The van der Waals surface area contributed by atoms with Gasteiger partial charge in [0.1, 0.15) is 0 Å². The molecule has 1 aromatic carbocycles. The summed E-state index contributed by atoms with van der Waals surface area (Å²) in [7, 11) is 1.44. The minimum atomic E-state index is -0.404. The van der Waals surface area contributed by atoms with Crippen molar-refractivity contribution in [1.29, 1.82) is 0 Å². The van der Waals surface area contributed by atoms with E-state index in [0.717, 1.165) is 18.4 Å². The summed E-state index contributed by atoms with van der Waals surface area (Å²) >= 11 is 3.62. The SMILES string of the molecule is CCC(Br)C(C)Cc1ccc(OC)c([N+](=O)[O-])c1. The fourth-order valence-electron chi connectivity index (χ4n) is 1.91. The van der Waals surface area contributed by atoms with Crippen LogP contribution in [0.4, 0.5) is 5.69 Å². The van der Waals surface area contributed by atoms with E-state index in [4.69, 9.17) is 4.74 Å². The van der Waals surface area contributed by atoms with Crippen molar-refractivity contribution in [2.45, 2.75) is 31.5 Å². The van der Waals surface area contributed by atoms with Crippen LogP contribution in [0, 0.1) is 16.0 Å². The van der Waals surface area contributed by atoms with E-state index >= 15 is 0 Å². The van der Waals surface area contributed by atoms with Crippen molar-refractivity contribution in [3.63, 3.8) is 0 Å². The van der Waals surface area contributed by atoms with Crippen LogP contribution in [0.25, 0.3) is 0 Å². The summed E-state index contributed by atoms with van der Waals surface area (Å²) in [5, 5.41) is 10.9. The van der Waals surface area contributed by atoms with Gasteiger partial charge in [0.2, 0.25) is 0 Å². The average Bonchev–Trinajstić information content (AvgIpc) is 2.37. The van der Waals surface area contributed by atoms with Crippen molar-refractivity contribution < 1.29 is 9.66 Å². The summed E-state index contributed by atoms with van der Waals surface area (Å²) in [5.41, 5.74) is 0.998. The van der Waals surface area contributed by atoms with Gasteiger partial charge in [-0.15, -0.1) is 0 Å². The normalized spacial score (nSPS) is 14.0. The molecule has 100 valence electrons. The molecule has 0 fully saturated rings. The van der Waals surface area contributed by atoms with Gasteiger partial charge in [0.05, 0.1) is 12.0 Å². The molecule has 0 heterocycles. The lowest BCUT2D eigenvalue weighted by Gasteiger charge is -2.16. The van der Waals surface area contributed by atoms with Crippen molar-refractivity contribution in [1.82, 2.24) is 0 Å². The highest BCUT2D eigenvalue weighted by atomic mass is 79.9.